The van der Waals surface area contributed by atoms with Crippen LogP contribution < -0.4 is 10.7 Å². The third-order valence-corrected chi connectivity index (χ3v) is 3.21. The summed E-state index contributed by atoms with van der Waals surface area (Å²) < 4.78 is 1.68. The summed E-state index contributed by atoms with van der Waals surface area (Å²) in [6.07, 6.45) is 3.43. The summed E-state index contributed by atoms with van der Waals surface area (Å²) in [6.45, 7) is 0. The fraction of sp³-hybridized carbons (Fsp3) is 0.0769. The van der Waals surface area contributed by atoms with Crippen molar-refractivity contribution >= 4 is 39.4 Å². The maximum absolute atomic E-state index is 11.6. The summed E-state index contributed by atoms with van der Waals surface area (Å²) in [5.74, 6) is 0. The monoisotopic (exact) mass is 274 g/mol. The lowest BCUT2D eigenvalue weighted by atomic mass is 10.2. The molecule has 3 aromatic rings. The van der Waals surface area contributed by atoms with Gasteiger partial charge in [-0.3, -0.25) is 4.98 Å². The van der Waals surface area contributed by atoms with Gasteiger partial charge >= 0.3 is 6.03 Å². The number of nitrogens with one attached hydrogen (secondary N) is 2. The predicted octanol–water partition coefficient (Wildman–Crippen LogP) is 2.73. The largest absolute Gasteiger partial charge is 0.340 e. The van der Waals surface area contributed by atoms with Crippen molar-refractivity contribution in [1.29, 1.82) is 0 Å². The molecule has 6 heteroatoms. The maximum Gasteiger partial charge on any atom is 0.333 e. The second kappa shape index (κ2) is 4.44. The van der Waals surface area contributed by atoms with Crippen molar-refractivity contribution in [2.24, 2.45) is 0 Å². The summed E-state index contributed by atoms with van der Waals surface area (Å²) in [6, 6.07) is 7.18. The van der Waals surface area contributed by atoms with E-state index in [1.54, 1.807) is 24.1 Å². The Morgan fingerprint density at radius 1 is 1.26 bits per heavy atom. The molecule has 2 amide bonds. The molecule has 0 spiro atoms. The van der Waals surface area contributed by atoms with Gasteiger partial charge in [-0.25, -0.2) is 14.9 Å². The van der Waals surface area contributed by atoms with Crippen LogP contribution in [0.4, 0.5) is 4.79 Å². The molecule has 0 aliphatic carbocycles. The zero-order valence-electron chi connectivity index (χ0n) is 10.1. The normalized spacial score (nSPS) is 10.8. The summed E-state index contributed by atoms with van der Waals surface area (Å²) >= 11 is 6.03. The highest BCUT2D eigenvalue weighted by Crippen LogP contribution is 2.29. The molecule has 0 atom stereocenters. The number of carbonyl (C=O) groups excluding carboxylic acids is 1. The van der Waals surface area contributed by atoms with Crippen LogP contribution in [0.25, 0.3) is 21.8 Å². The van der Waals surface area contributed by atoms with E-state index in [1.165, 1.54) is 0 Å². The van der Waals surface area contributed by atoms with Crippen molar-refractivity contribution in [3.05, 3.63) is 41.7 Å². The second-order valence-corrected chi connectivity index (χ2v) is 4.52. The summed E-state index contributed by atoms with van der Waals surface area (Å²) in [7, 11) is 1.56. The van der Waals surface area contributed by atoms with Crippen LogP contribution in [0.15, 0.2) is 36.7 Å². The highest BCUT2D eigenvalue weighted by Gasteiger charge is 2.12. The maximum atomic E-state index is 11.6. The molecule has 2 N–H and O–H groups in total. The summed E-state index contributed by atoms with van der Waals surface area (Å²) in [5, 5.41) is 5.16. The molecule has 19 heavy (non-hydrogen) atoms. The van der Waals surface area contributed by atoms with Gasteiger partial charge in [0, 0.05) is 29.0 Å². The predicted molar refractivity (Wildman–Crippen MR) is 76.1 cm³/mol. The van der Waals surface area contributed by atoms with E-state index in [-0.39, 0.29) is 6.03 Å². The van der Waals surface area contributed by atoms with E-state index in [2.05, 4.69) is 15.7 Å². The van der Waals surface area contributed by atoms with Crippen molar-refractivity contribution in [3.63, 3.8) is 0 Å². The minimum Gasteiger partial charge on any atom is -0.340 e. The Bertz CT molecular complexity index is 781. The minimum absolute atomic E-state index is 0.303. The third kappa shape index (κ3) is 1.88. The first-order chi connectivity index (χ1) is 9.20. The van der Waals surface area contributed by atoms with Gasteiger partial charge in [-0.1, -0.05) is 17.7 Å². The first-order valence-electron chi connectivity index (χ1n) is 5.73. The van der Waals surface area contributed by atoms with Crippen molar-refractivity contribution in [1.82, 2.24) is 15.0 Å². The van der Waals surface area contributed by atoms with Gasteiger partial charge in [0.2, 0.25) is 0 Å². The third-order valence-electron chi connectivity index (χ3n) is 2.97. The van der Waals surface area contributed by atoms with E-state index < -0.39 is 0 Å². The number of rotatable bonds is 1. The van der Waals surface area contributed by atoms with Crippen LogP contribution in [0.3, 0.4) is 0 Å². The Balaban J connectivity index is 2.36. The Morgan fingerprint density at radius 3 is 2.84 bits per heavy atom. The van der Waals surface area contributed by atoms with E-state index in [1.807, 2.05) is 24.3 Å². The molecule has 96 valence electrons. The lowest BCUT2D eigenvalue weighted by molar-refractivity contribution is 0.251. The minimum atomic E-state index is -0.303. The van der Waals surface area contributed by atoms with Gasteiger partial charge in [-0.15, -0.1) is 0 Å². The van der Waals surface area contributed by atoms with Gasteiger partial charge in [0.1, 0.15) is 0 Å². The zero-order valence-corrected chi connectivity index (χ0v) is 10.9. The molecular formula is C13H11ClN4O. The van der Waals surface area contributed by atoms with Crippen molar-refractivity contribution in [2.75, 3.05) is 12.5 Å². The molecular weight excluding hydrogens is 264 g/mol. The lowest BCUT2D eigenvalue weighted by Gasteiger charge is -2.08. The first kappa shape index (κ1) is 11.8. The number of amides is 2. The molecule has 3 rings (SSSR count). The van der Waals surface area contributed by atoms with E-state index in [9.17, 15) is 4.79 Å². The number of benzene rings is 1. The van der Waals surface area contributed by atoms with Gasteiger partial charge in [0.15, 0.2) is 0 Å². The molecule has 0 radical (unpaired) electrons. The average Bonchev–Trinajstić information content (AvgIpc) is 2.73. The molecule has 2 aromatic heterocycles. The quantitative estimate of drug-likeness (QED) is 0.717. The Labute approximate surface area is 114 Å². The smallest absolute Gasteiger partial charge is 0.333 e. The number of pyridine rings is 1. The molecule has 0 bridgehead atoms. The van der Waals surface area contributed by atoms with E-state index in [0.717, 1.165) is 21.8 Å². The molecule has 0 saturated heterocycles. The average molecular weight is 275 g/mol. The topological polar surface area (TPSA) is 59.0 Å². The van der Waals surface area contributed by atoms with Crippen LogP contribution in [-0.2, 0) is 0 Å². The fourth-order valence-corrected chi connectivity index (χ4v) is 2.28. The number of hydrogen-bond acceptors (Lipinski definition) is 2. The van der Waals surface area contributed by atoms with Gasteiger partial charge in [-0.05, 0) is 18.2 Å². The highest BCUT2D eigenvalue weighted by molar-refractivity contribution is 6.31. The zero-order chi connectivity index (χ0) is 13.4. The van der Waals surface area contributed by atoms with Crippen molar-refractivity contribution in [3.8, 4) is 0 Å². The Morgan fingerprint density at radius 2 is 2.05 bits per heavy atom. The number of carbonyl (C=O) groups is 1. The van der Waals surface area contributed by atoms with E-state index in [4.69, 9.17) is 11.6 Å². The van der Waals surface area contributed by atoms with Crippen LogP contribution in [0.1, 0.15) is 0 Å². The first-order valence-corrected chi connectivity index (χ1v) is 6.11. The van der Waals surface area contributed by atoms with E-state index >= 15 is 0 Å². The van der Waals surface area contributed by atoms with Gasteiger partial charge in [-0.2, -0.15) is 0 Å². The molecule has 2 heterocycles. The van der Waals surface area contributed by atoms with Crippen LogP contribution in [0.2, 0.25) is 5.02 Å². The van der Waals surface area contributed by atoms with Crippen LogP contribution in [-0.4, -0.2) is 22.7 Å². The summed E-state index contributed by atoms with van der Waals surface area (Å²) in [4.78, 5) is 15.7. The number of fused-ring (bicyclic) bond motifs is 3. The van der Waals surface area contributed by atoms with Crippen LogP contribution in [0.5, 0.6) is 0 Å². The number of hydrogen-bond donors (Lipinski definition) is 2. The molecule has 0 unspecified atom stereocenters. The summed E-state index contributed by atoms with van der Waals surface area (Å²) in [5.41, 5.74) is 4.41. The van der Waals surface area contributed by atoms with Crippen LogP contribution in [0, 0.1) is 0 Å². The van der Waals surface area contributed by atoms with Crippen LogP contribution >= 0.6 is 11.6 Å². The molecule has 1 aromatic carbocycles. The Kier molecular flexibility index (Phi) is 2.76. The second-order valence-electron chi connectivity index (χ2n) is 4.08. The number of nitrogens with zero attached hydrogens (tertiary/aromatic N) is 2. The molecule has 0 aliphatic heterocycles. The van der Waals surface area contributed by atoms with Gasteiger partial charge in [0.25, 0.3) is 0 Å². The van der Waals surface area contributed by atoms with Crippen molar-refractivity contribution < 1.29 is 4.79 Å². The highest BCUT2D eigenvalue weighted by atomic mass is 35.5. The number of halogens is 1. The molecule has 5 nitrogen and oxygen atoms in total. The molecule has 0 aliphatic rings. The Hall–Kier alpha value is -2.27. The molecule has 0 fully saturated rings. The lowest BCUT2D eigenvalue weighted by Crippen LogP contribution is -2.31. The van der Waals surface area contributed by atoms with Gasteiger partial charge in [0.05, 0.1) is 17.2 Å². The number of urea groups is 1. The van der Waals surface area contributed by atoms with E-state index in [0.29, 0.717) is 5.02 Å². The fourth-order valence-electron chi connectivity index (χ4n) is 2.12. The number of aromatic nitrogens is 2. The van der Waals surface area contributed by atoms with Crippen molar-refractivity contribution in [2.45, 2.75) is 0 Å². The van der Waals surface area contributed by atoms with Gasteiger partial charge < -0.3 is 5.32 Å². The SMILES string of the molecule is CNC(=O)Nn1c2cnccc2c2ccc(Cl)cc21. The standard InChI is InChI=1S/C13H11ClN4O/c1-15-13(19)17-18-11-6-8(14)2-3-9(11)10-4-5-16-7-12(10)18/h2-7H,1H3,(H2,15,17,19). The molecule has 0 saturated carbocycles.